The molecule has 1 saturated carbocycles. The Hall–Kier alpha value is -3.22. The summed E-state index contributed by atoms with van der Waals surface area (Å²) >= 11 is 3.57. The maximum absolute atomic E-state index is 10.7. The summed E-state index contributed by atoms with van der Waals surface area (Å²) in [6.45, 7) is 4.53. The van der Waals surface area contributed by atoms with Gasteiger partial charge in [-0.1, -0.05) is 90.9 Å². The lowest BCUT2D eigenvalue weighted by Crippen LogP contribution is -2.27. The smallest absolute Gasteiger partial charge is 0.124 e. The fourth-order valence-electron chi connectivity index (χ4n) is 6.95. The van der Waals surface area contributed by atoms with E-state index in [1.165, 1.54) is 97.9 Å². The van der Waals surface area contributed by atoms with Gasteiger partial charge in [-0.05, 0) is 120 Å². The second-order valence-corrected chi connectivity index (χ2v) is 16.0. The standard InChI is InChI=1S/C44H58N2O2S2/c1-3-5-7-9-11-13-17-33-25-43(49-31-33)35-21-23-41(47)37(27-35)29-45-39-19-15-16-20-40(39)46-30-38-28-36(22-24-42(38)48)44-26-34(32-50-44)18-14-12-10-8-6-4-2/h21-32,39-40,47-48H,3-20H2,1-2H3/t39-,40-/m1/s1. The molecule has 0 aliphatic heterocycles. The first-order valence-electron chi connectivity index (χ1n) is 19.4. The highest BCUT2D eigenvalue weighted by Gasteiger charge is 2.23. The predicted octanol–water partition coefficient (Wildman–Crippen LogP) is 13.2. The van der Waals surface area contributed by atoms with E-state index in [0.29, 0.717) is 0 Å². The van der Waals surface area contributed by atoms with Crippen molar-refractivity contribution < 1.29 is 10.2 Å². The number of aromatic hydroxyl groups is 2. The number of hydrogen-bond donors (Lipinski definition) is 2. The van der Waals surface area contributed by atoms with Crippen LogP contribution < -0.4 is 0 Å². The van der Waals surface area contributed by atoms with Crippen LogP contribution in [0.1, 0.15) is 139 Å². The van der Waals surface area contributed by atoms with Crippen LogP contribution in [0.3, 0.4) is 0 Å². The summed E-state index contributed by atoms with van der Waals surface area (Å²) in [4.78, 5) is 12.5. The van der Waals surface area contributed by atoms with Gasteiger partial charge in [-0.2, -0.15) is 0 Å². The molecule has 2 aromatic carbocycles. The van der Waals surface area contributed by atoms with Crippen LogP contribution in [0.5, 0.6) is 11.5 Å². The van der Waals surface area contributed by atoms with Gasteiger partial charge >= 0.3 is 0 Å². The molecule has 1 aliphatic carbocycles. The van der Waals surface area contributed by atoms with Crippen molar-refractivity contribution in [1.29, 1.82) is 0 Å². The van der Waals surface area contributed by atoms with E-state index in [-0.39, 0.29) is 23.6 Å². The van der Waals surface area contributed by atoms with Gasteiger partial charge in [0, 0.05) is 33.3 Å². The molecule has 268 valence electrons. The van der Waals surface area contributed by atoms with Crippen molar-refractivity contribution in [2.45, 2.75) is 142 Å². The molecule has 0 unspecified atom stereocenters. The number of benzene rings is 2. The average Bonchev–Trinajstić information content (AvgIpc) is 3.81. The molecule has 2 aromatic heterocycles. The third-order valence-electron chi connectivity index (χ3n) is 10.1. The Labute approximate surface area is 309 Å². The topological polar surface area (TPSA) is 65.2 Å². The summed E-state index contributed by atoms with van der Waals surface area (Å²) in [5.74, 6) is 0.505. The molecule has 0 radical (unpaired) electrons. The molecule has 0 spiro atoms. The van der Waals surface area contributed by atoms with Crippen molar-refractivity contribution in [3.8, 4) is 32.4 Å². The van der Waals surface area contributed by atoms with Gasteiger partial charge in [0.2, 0.25) is 0 Å². The summed E-state index contributed by atoms with van der Waals surface area (Å²) in [6.07, 6.45) is 25.9. The third kappa shape index (κ3) is 11.7. The quantitative estimate of drug-likeness (QED) is 0.0708. The van der Waals surface area contributed by atoms with Crippen LogP contribution in [0.4, 0.5) is 0 Å². The van der Waals surface area contributed by atoms with Crippen molar-refractivity contribution in [2.75, 3.05) is 0 Å². The minimum Gasteiger partial charge on any atom is -0.507 e. The Kier molecular flexibility index (Phi) is 15.7. The molecular formula is C44H58N2O2S2. The van der Waals surface area contributed by atoms with Crippen molar-refractivity contribution in [2.24, 2.45) is 9.98 Å². The van der Waals surface area contributed by atoms with Crippen molar-refractivity contribution in [3.63, 3.8) is 0 Å². The second-order valence-electron chi connectivity index (χ2n) is 14.2. The van der Waals surface area contributed by atoms with E-state index in [9.17, 15) is 10.2 Å². The van der Waals surface area contributed by atoms with Gasteiger partial charge in [-0.15, -0.1) is 22.7 Å². The molecule has 0 bridgehead atoms. The number of thiophene rings is 2. The van der Waals surface area contributed by atoms with Crippen molar-refractivity contribution >= 4 is 35.1 Å². The average molecular weight is 711 g/mol. The maximum atomic E-state index is 10.7. The van der Waals surface area contributed by atoms with Crippen LogP contribution in [0.25, 0.3) is 20.9 Å². The molecule has 2 atom stereocenters. The van der Waals surface area contributed by atoms with Crippen LogP contribution >= 0.6 is 22.7 Å². The fraction of sp³-hybridized carbons (Fsp3) is 0.500. The second kappa shape index (κ2) is 20.6. The van der Waals surface area contributed by atoms with E-state index in [2.05, 4.69) is 48.9 Å². The van der Waals surface area contributed by atoms with Gasteiger partial charge in [0.1, 0.15) is 11.5 Å². The number of aliphatic imine (C=N–C) groups is 2. The maximum Gasteiger partial charge on any atom is 0.124 e. The van der Waals surface area contributed by atoms with Crippen LogP contribution in [-0.2, 0) is 12.8 Å². The molecule has 2 N–H and O–H groups in total. The van der Waals surface area contributed by atoms with E-state index in [0.717, 1.165) is 60.8 Å². The summed E-state index contributed by atoms with van der Waals surface area (Å²) in [6, 6.07) is 16.4. The van der Waals surface area contributed by atoms with Gasteiger partial charge < -0.3 is 10.2 Å². The molecule has 2 heterocycles. The van der Waals surface area contributed by atoms with Crippen molar-refractivity contribution in [3.05, 3.63) is 81.5 Å². The number of nitrogens with zero attached hydrogens (tertiary/aromatic N) is 2. The number of phenols is 2. The Bertz CT molecular complexity index is 1530. The monoisotopic (exact) mass is 710 g/mol. The first-order chi connectivity index (χ1) is 24.5. The zero-order valence-corrected chi connectivity index (χ0v) is 32.0. The van der Waals surface area contributed by atoms with Gasteiger partial charge in [0.25, 0.3) is 0 Å². The Balaban J connectivity index is 1.20. The third-order valence-corrected chi connectivity index (χ3v) is 12.1. The minimum atomic E-state index is 0.0425. The van der Waals surface area contributed by atoms with E-state index >= 15 is 0 Å². The molecule has 6 heteroatoms. The zero-order chi connectivity index (χ0) is 35.0. The molecule has 4 nitrogen and oxygen atoms in total. The van der Waals surface area contributed by atoms with E-state index < -0.39 is 0 Å². The lowest BCUT2D eigenvalue weighted by atomic mass is 9.91. The highest BCUT2D eigenvalue weighted by molar-refractivity contribution is 7.14. The lowest BCUT2D eigenvalue weighted by Gasteiger charge is -2.25. The van der Waals surface area contributed by atoms with Crippen LogP contribution in [-0.4, -0.2) is 34.7 Å². The van der Waals surface area contributed by atoms with Crippen LogP contribution in [0, 0.1) is 0 Å². The molecule has 5 rings (SSSR count). The Morgan fingerprint density at radius 1 is 0.580 bits per heavy atom. The predicted molar refractivity (Wildman–Crippen MR) is 218 cm³/mol. The number of hydrogen-bond acceptors (Lipinski definition) is 6. The molecular weight excluding hydrogens is 653 g/mol. The number of phenolic OH excluding ortho intramolecular Hbond substituents is 2. The minimum absolute atomic E-state index is 0.0425. The molecule has 0 amide bonds. The molecule has 1 aliphatic rings. The summed E-state index contributed by atoms with van der Waals surface area (Å²) in [7, 11) is 0. The van der Waals surface area contributed by atoms with Crippen molar-refractivity contribution in [1.82, 2.24) is 0 Å². The van der Waals surface area contributed by atoms with E-state index in [1.807, 2.05) is 24.6 Å². The van der Waals surface area contributed by atoms with Gasteiger partial charge in [0.15, 0.2) is 0 Å². The molecule has 0 saturated heterocycles. The Morgan fingerprint density at radius 3 is 1.44 bits per heavy atom. The Morgan fingerprint density at radius 2 is 1.00 bits per heavy atom. The first kappa shape index (κ1) is 38.0. The molecule has 50 heavy (non-hydrogen) atoms. The SMILES string of the molecule is CCCCCCCCc1csc(-c2ccc(O)c(C=N[C@@H]3CCCC[C@H]3N=Cc3cc(-c4cc(CCCCCCCC)cs4)ccc3O)c2)c1. The van der Waals surface area contributed by atoms with Crippen LogP contribution in [0.15, 0.2) is 69.3 Å². The largest absolute Gasteiger partial charge is 0.507 e. The highest BCUT2D eigenvalue weighted by atomic mass is 32.1. The molecule has 4 aromatic rings. The van der Waals surface area contributed by atoms with E-state index in [1.54, 1.807) is 34.8 Å². The number of aryl methyl sites for hydroxylation is 2. The lowest BCUT2D eigenvalue weighted by molar-refractivity contribution is 0.390. The normalized spacial score (nSPS) is 16.6. The fourth-order valence-corrected chi connectivity index (χ4v) is 8.84. The van der Waals surface area contributed by atoms with Crippen LogP contribution in [0.2, 0.25) is 0 Å². The molecule has 1 fully saturated rings. The highest BCUT2D eigenvalue weighted by Crippen LogP contribution is 2.33. The first-order valence-corrected chi connectivity index (χ1v) is 21.2. The van der Waals surface area contributed by atoms with Gasteiger partial charge in [-0.25, -0.2) is 0 Å². The van der Waals surface area contributed by atoms with Gasteiger partial charge in [0.05, 0.1) is 12.1 Å². The van der Waals surface area contributed by atoms with Gasteiger partial charge in [-0.3, -0.25) is 9.98 Å². The number of unbranched alkanes of at least 4 members (excludes halogenated alkanes) is 10. The zero-order valence-electron chi connectivity index (χ0n) is 30.4. The summed E-state index contributed by atoms with van der Waals surface area (Å²) in [5.41, 5.74) is 6.56. The summed E-state index contributed by atoms with van der Waals surface area (Å²) in [5, 5.41) is 26.0. The van der Waals surface area contributed by atoms with E-state index in [4.69, 9.17) is 9.98 Å². The number of rotatable bonds is 20. The summed E-state index contributed by atoms with van der Waals surface area (Å²) < 4.78 is 0.